The Morgan fingerprint density at radius 1 is 0.848 bits per heavy atom. The summed E-state index contributed by atoms with van der Waals surface area (Å²) in [6.07, 6.45) is 4.98. The summed E-state index contributed by atoms with van der Waals surface area (Å²) < 4.78 is 0. The summed E-state index contributed by atoms with van der Waals surface area (Å²) in [5.74, 6) is -0.172. The minimum Gasteiger partial charge on any atom is -0.354 e. The molecule has 2 N–H and O–H groups in total. The van der Waals surface area contributed by atoms with Crippen molar-refractivity contribution in [3.8, 4) is 11.1 Å². The molecule has 3 aromatic carbocycles. The Labute approximate surface area is 189 Å². The van der Waals surface area contributed by atoms with Crippen LogP contribution in [0.4, 0.5) is 0 Å². The van der Waals surface area contributed by atoms with E-state index in [-0.39, 0.29) is 17.7 Å². The molecular formula is C28H20N2O3. The Hall–Kier alpha value is -3.99. The van der Waals surface area contributed by atoms with Gasteiger partial charge in [0.1, 0.15) is 5.78 Å². The molecular weight excluding hydrogens is 412 g/mol. The molecule has 0 radical (unpaired) electrons. The van der Waals surface area contributed by atoms with E-state index in [0.717, 1.165) is 56.9 Å². The zero-order valence-electron chi connectivity index (χ0n) is 17.8. The highest BCUT2D eigenvalue weighted by atomic mass is 16.2. The number of fused-ring (bicyclic) bond motifs is 10. The van der Waals surface area contributed by atoms with Crippen molar-refractivity contribution in [2.75, 3.05) is 0 Å². The molecule has 2 amide bonds. The van der Waals surface area contributed by atoms with Crippen LogP contribution in [0.15, 0.2) is 54.1 Å². The molecule has 2 heterocycles. The third-order valence-electron chi connectivity index (χ3n) is 7.46. The molecule has 1 atom stereocenters. The van der Waals surface area contributed by atoms with Crippen LogP contribution in [-0.4, -0.2) is 22.6 Å². The summed E-state index contributed by atoms with van der Waals surface area (Å²) in [4.78, 5) is 41.8. The predicted molar refractivity (Wildman–Crippen MR) is 127 cm³/mol. The number of carbonyl (C=O) groups is 3. The number of H-pyrrole nitrogens is 1. The summed E-state index contributed by atoms with van der Waals surface area (Å²) in [6.45, 7) is 0. The number of Topliss-reactive ketones (excluding diaryl/α,β-unsaturated/α-hetero) is 1. The molecule has 1 aliphatic heterocycles. The first kappa shape index (κ1) is 18.6. The van der Waals surface area contributed by atoms with Crippen LogP contribution in [0.25, 0.3) is 39.0 Å². The number of nitrogens with one attached hydrogen (secondary N) is 2. The molecule has 3 aliphatic rings. The van der Waals surface area contributed by atoms with E-state index in [1.807, 2.05) is 42.5 Å². The van der Waals surface area contributed by atoms with Crippen LogP contribution < -0.4 is 5.32 Å². The summed E-state index contributed by atoms with van der Waals surface area (Å²) in [7, 11) is 0. The molecule has 2 aliphatic carbocycles. The van der Waals surface area contributed by atoms with Crippen LogP contribution >= 0.6 is 0 Å². The number of carbonyl (C=O) groups excluding carboxylic acids is 3. The maximum Gasteiger partial charge on any atom is 0.259 e. The fourth-order valence-electron chi connectivity index (χ4n) is 5.99. The van der Waals surface area contributed by atoms with E-state index in [0.29, 0.717) is 29.8 Å². The molecule has 33 heavy (non-hydrogen) atoms. The number of amides is 2. The van der Waals surface area contributed by atoms with Gasteiger partial charge in [-0.05, 0) is 36.0 Å². The monoisotopic (exact) mass is 432 g/mol. The Balaban J connectivity index is 1.67. The van der Waals surface area contributed by atoms with E-state index in [4.69, 9.17) is 0 Å². The summed E-state index contributed by atoms with van der Waals surface area (Å²) in [5, 5.41) is 4.27. The molecule has 4 aromatic rings. The average Bonchev–Trinajstić information content (AvgIpc) is 3.46. The molecule has 0 spiro atoms. The van der Waals surface area contributed by atoms with Gasteiger partial charge >= 0.3 is 0 Å². The van der Waals surface area contributed by atoms with E-state index in [2.05, 4.69) is 22.4 Å². The number of ketones is 1. The topological polar surface area (TPSA) is 79.0 Å². The molecule has 1 aromatic heterocycles. The fraction of sp³-hybridized carbons (Fsp3) is 0.179. The third-order valence-corrected chi connectivity index (χ3v) is 7.46. The molecule has 7 rings (SSSR count). The van der Waals surface area contributed by atoms with Gasteiger partial charge in [-0.3, -0.25) is 19.7 Å². The zero-order valence-corrected chi connectivity index (χ0v) is 17.8. The average molecular weight is 432 g/mol. The second kappa shape index (κ2) is 6.51. The second-order valence-electron chi connectivity index (χ2n) is 9.27. The highest BCUT2D eigenvalue weighted by Gasteiger charge is 2.37. The molecule has 1 fully saturated rings. The molecule has 0 saturated heterocycles. The summed E-state index contributed by atoms with van der Waals surface area (Å²) >= 11 is 0. The number of benzene rings is 3. The number of para-hydroxylation sites is 1. The fourth-order valence-corrected chi connectivity index (χ4v) is 5.99. The van der Waals surface area contributed by atoms with E-state index in [9.17, 15) is 14.4 Å². The third kappa shape index (κ3) is 2.50. The van der Waals surface area contributed by atoms with Gasteiger partial charge in [0.15, 0.2) is 0 Å². The number of hydrogen-bond acceptors (Lipinski definition) is 3. The van der Waals surface area contributed by atoms with Crippen molar-refractivity contribution in [1.29, 1.82) is 0 Å². The Kier molecular flexibility index (Phi) is 3.67. The molecule has 0 bridgehead atoms. The van der Waals surface area contributed by atoms with Gasteiger partial charge in [0.05, 0.1) is 16.6 Å². The van der Waals surface area contributed by atoms with Crippen LogP contribution in [0.3, 0.4) is 0 Å². The minimum absolute atomic E-state index is 0.208. The smallest absolute Gasteiger partial charge is 0.259 e. The van der Waals surface area contributed by atoms with Crippen molar-refractivity contribution in [3.05, 3.63) is 76.4 Å². The highest BCUT2D eigenvalue weighted by molar-refractivity contribution is 6.33. The van der Waals surface area contributed by atoms with Gasteiger partial charge < -0.3 is 4.98 Å². The van der Waals surface area contributed by atoms with Gasteiger partial charge in [-0.25, -0.2) is 0 Å². The van der Waals surface area contributed by atoms with Crippen LogP contribution in [0.5, 0.6) is 0 Å². The van der Waals surface area contributed by atoms with E-state index < -0.39 is 0 Å². The maximum absolute atomic E-state index is 13.1. The number of aromatic nitrogens is 1. The second-order valence-corrected chi connectivity index (χ2v) is 9.27. The largest absolute Gasteiger partial charge is 0.354 e. The lowest BCUT2D eigenvalue weighted by Gasteiger charge is -2.14. The standard InChI is InChI=1S/C28H20N2O3/c31-17-10-9-14(12-17)16-11-15-5-1-2-6-18(15)22-20(13-16)26-23(19-7-3-4-8-21(19)29-26)25-24(22)27(32)30-28(25)33/h1-8,13-14,29H,9-12H2,(H,30,32,33). The van der Waals surface area contributed by atoms with Crippen LogP contribution in [0.2, 0.25) is 0 Å². The lowest BCUT2D eigenvalue weighted by Crippen LogP contribution is -2.20. The number of imide groups is 1. The SMILES string of the molecule is O=C1CCC(C2=Cc3c(c4c(c5c3[nH]c3ccccc35)C(=O)NC4=O)-c3ccccc3C2)C1. The molecule has 1 unspecified atom stereocenters. The lowest BCUT2D eigenvalue weighted by atomic mass is 9.87. The van der Waals surface area contributed by atoms with E-state index >= 15 is 0 Å². The van der Waals surface area contributed by atoms with Crippen LogP contribution in [0, 0.1) is 5.92 Å². The van der Waals surface area contributed by atoms with Gasteiger partial charge in [-0.1, -0.05) is 54.1 Å². The quantitative estimate of drug-likeness (QED) is 0.407. The molecule has 5 nitrogen and oxygen atoms in total. The van der Waals surface area contributed by atoms with E-state index in [1.165, 1.54) is 5.57 Å². The van der Waals surface area contributed by atoms with Crippen molar-refractivity contribution in [2.45, 2.75) is 25.7 Å². The van der Waals surface area contributed by atoms with Gasteiger partial charge in [0.25, 0.3) is 11.8 Å². The zero-order chi connectivity index (χ0) is 22.3. The number of rotatable bonds is 1. The molecule has 5 heteroatoms. The lowest BCUT2D eigenvalue weighted by molar-refractivity contribution is -0.117. The van der Waals surface area contributed by atoms with Crippen LogP contribution in [0.1, 0.15) is 51.1 Å². The normalized spacial score (nSPS) is 19.3. The molecule has 1 saturated carbocycles. The summed E-state index contributed by atoms with van der Waals surface area (Å²) in [5.41, 5.74) is 7.76. The Morgan fingerprint density at radius 2 is 1.64 bits per heavy atom. The number of aromatic amines is 1. The minimum atomic E-state index is -0.347. The summed E-state index contributed by atoms with van der Waals surface area (Å²) in [6, 6.07) is 16.0. The highest BCUT2D eigenvalue weighted by Crippen LogP contribution is 2.47. The first-order valence-corrected chi connectivity index (χ1v) is 11.4. The van der Waals surface area contributed by atoms with Crippen molar-refractivity contribution in [1.82, 2.24) is 10.3 Å². The van der Waals surface area contributed by atoms with E-state index in [1.54, 1.807) is 0 Å². The van der Waals surface area contributed by atoms with Crippen molar-refractivity contribution >= 4 is 45.5 Å². The maximum atomic E-state index is 13.1. The van der Waals surface area contributed by atoms with Gasteiger partial charge in [0.2, 0.25) is 0 Å². The number of hydrogen-bond donors (Lipinski definition) is 2. The van der Waals surface area contributed by atoms with Crippen molar-refractivity contribution in [2.24, 2.45) is 5.92 Å². The number of allylic oxidation sites excluding steroid dienone is 1. The van der Waals surface area contributed by atoms with Crippen molar-refractivity contribution < 1.29 is 14.4 Å². The predicted octanol–water partition coefficient (Wildman–Crippen LogP) is 5.18. The van der Waals surface area contributed by atoms with Crippen LogP contribution in [-0.2, 0) is 11.2 Å². The first-order valence-electron chi connectivity index (χ1n) is 11.4. The first-order chi connectivity index (χ1) is 16.1. The van der Waals surface area contributed by atoms with Crippen molar-refractivity contribution in [3.63, 3.8) is 0 Å². The van der Waals surface area contributed by atoms with Gasteiger partial charge in [-0.15, -0.1) is 0 Å². The van der Waals surface area contributed by atoms with Gasteiger partial charge in [-0.2, -0.15) is 0 Å². The Morgan fingerprint density at radius 3 is 2.48 bits per heavy atom. The van der Waals surface area contributed by atoms with Gasteiger partial charge in [0, 0.05) is 40.3 Å². The molecule has 160 valence electrons. The Bertz CT molecular complexity index is 1600.